The first-order chi connectivity index (χ1) is 11.1. The van der Waals surface area contributed by atoms with Crippen molar-refractivity contribution in [2.75, 3.05) is 6.61 Å². The Kier molecular flexibility index (Phi) is 4.69. The number of oxazole rings is 1. The van der Waals surface area contributed by atoms with Crippen molar-refractivity contribution >= 4 is 39.5 Å². The van der Waals surface area contributed by atoms with Gasteiger partial charge in [-0.15, -0.1) is 0 Å². The molecule has 118 valence electrons. The molecule has 0 radical (unpaired) electrons. The first-order valence-corrected chi connectivity index (χ1v) is 7.51. The van der Waals surface area contributed by atoms with Crippen LogP contribution in [0.1, 0.15) is 6.42 Å². The Hall–Kier alpha value is -2.24. The normalized spacial score (nSPS) is 10.7. The van der Waals surface area contributed by atoms with E-state index in [-0.39, 0.29) is 19.1 Å². The van der Waals surface area contributed by atoms with Crippen molar-refractivity contribution in [3.63, 3.8) is 0 Å². The van der Waals surface area contributed by atoms with Gasteiger partial charge < -0.3 is 13.9 Å². The molecule has 0 saturated heterocycles. The minimum Gasteiger partial charge on any atom is -0.493 e. The third kappa shape index (κ3) is 4.15. The molecule has 1 aromatic heterocycles. The summed E-state index contributed by atoms with van der Waals surface area (Å²) in [7, 11) is 0. The second kappa shape index (κ2) is 6.89. The number of ether oxygens (including phenoxy) is 2. The molecule has 0 aliphatic rings. The predicted molar refractivity (Wildman–Crippen MR) is 86.5 cm³/mol. The second-order valence-electron chi connectivity index (χ2n) is 4.62. The maximum absolute atomic E-state index is 10.6. The van der Waals surface area contributed by atoms with Gasteiger partial charge in [-0.1, -0.05) is 11.6 Å². The number of carbonyl (C=O) groups is 1. The number of nitrogens with zero attached hydrogens (tertiary/aromatic N) is 1. The van der Waals surface area contributed by atoms with Gasteiger partial charge in [0.15, 0.2) is 5.58 Å². The summed E-state index contributed by atoms with van der Waals surface area (Å²) in [5.41, 5.74) is 1.22. The summed E-state index contributed by atoms with van der Waals surface area (Å²) in [5.74, 6) is 1.16. The molecule has 0 bridgehead atoms. The molecule has 0 unspecified atom stereocenters. The van der Waals surface area contributed by atoms with Crippen LogP contribution in [-0.4, -0.2) is 16.8 Å². The zero-order valence-electron chi connectivity index (χ0n) is 11.8. The molecule has 23 heavy (non-hydrogen) atoms. The molecule has 0 aliphatic heterocycles. The topological polar surface area (TPSA) is 61.6 Å². The van der Waals surface area contributed by atoms with E-state index in [1.54, 1.807) is 42.5 Å². The lowest BCUT2D eigenvalue weighted by Crippen LogP contribution is -2.00. The van der Waals surface area contributed by atoms with Gasteiger partial charge in [-0.2, -0.15) is 4.98 Å². The minimum atomic E-state index is -0.430. The molecule has 2 aromatic carbocycles. The number of aromatic nitrogens is 1. The molecule has 7 heteroatoms. The maximum Gasteiger partial charge on any atom is 0.400 e. The zero-order chi connectivity index (χ0) is 16.2. The van der Waals surface area contributed by atoms with Gasteiger partial charge in [-0.25, -0.2) is 0 Å². The van der Waals surface area contributed by atoms with Crippen molar-refractivity contribution in [1.82, 2.24) is 4.98 Å². The minimum absolute atomic E-state index is 0.128. The van der Waals surface area contributed by atoms with E-state index in [0.717, 1.165) is 0 Å². The van der Waals surface area contributed by atoms with Crippen molar-refractivity contribution in [2.45, 2.75) is 6.42 Å². The molecule has 0 saturated carbocycles. The Bertz CT molecular complexity index is 830. The van der Waals surface area contributed by atoms with E-state index in [0.29, 0.717) is 27.6 Å². The van der Waals surface area contributed by atoms with Crippen LogP contribution in [0.3, 0.4) is 0 Å². The Morgan fingerprint density at radius 1 is 1.13 bits per heavy atom. The van der Waals surface area contributed by atoms with E-state index >= 15 is 0 Å². The quantitative estimate of drug-likeness (QED) is 0.596. The van der Waals surface area contributed by atoms with Crippen LogP contribution in [-0.2, 0) is 4.79 Å². The third-order valence-electron chi connectivity index (χ3n) is 2.93. The van der Waals surface area contributed by atoms with Gasteiger partial charge in [0, 0.05) is 11.1 Å². The fourth-order valence-corrected chi connectivity index (χ4v) is 2.11. The molecule has 0 aliphatic carbocycles. The largest absolute Gasteiger partial charge is 0.493 e. The van der Waals surface area contributed by atoms with Gasteiger partial charge in [-0.3, -0.25) is 4.79 Å². The monoisotopic (exact) mass is 351 g/mol. The summed E-state index contributed by atoms with van der Waals surface area (Å²) in [6.07, 6.45) is 0.286. The number of carbonyl (C=O) groups excluding carboxylic acids is 1. The summed E-state index contributed by atoms with van der Waals surface area (Å²) >= 11 is 11.1. The van der Waals surface area contributed by atoms with E-state index in [9.17, 15) is 4.79 Å². The van der Waals surface area contributed by atoms with E-state index in [4.69, 9.17) is 37.1 Å². The van der Waals surface area contributed by atoms with Crippen LogP contribution >= 0.6 is 23.2 Å². The molecule has 0 amide bonds. The Morgan fingerprint density at radius 2 is 1.87 bits per heavy atom. The molecule has 0 spiro atoms. The number of hydrogen-bond donors (Lipinski definition) is 0. The Labute approximate surface area is 141 Å². The standard InChI is InChI=1S/C16H11Cl2NO4/c17-10-1-6-13-14(9-10)23-16(19-13)22-12-4-2-11(3-5-12)21-8-7-15(18)20/h1-6,9H,7-8H2. The van der Waals surface area contributed by atoms with Gasteiger partial charge in [0.05, 0.1) is 13.0 Å². The highest BCUT2D eigenvalue weighted by Crippen LogP contribution is 2.28. The number of halogens is 2. The SMILES string of the molecule is O=C(Cl)CCOc1ccc(Oc2nc3ccc(Cl)cc3o2)cc1. The van der Waals surface area contributed by atoms with Gasteiger partial charge in [0.2, 0.25) is 5.24 Å². The lowest BCUT2D eigenvalue weighted by atomic mass is 10.3. The van der Waals surface area contributed by atoms with Gasteiger partial charge in [0.25, 0.3) is 0 Å². The highest BCUT2D eigenvalue weighted by atomic mass is 35.5. The summed E-state index contributed by atoms with van der Waals surface area (Å²) < 4.78 is 16.4. The average Bonchev–Trinajstić information content (AvgIpc) is 2.90. The average molecular weight is 352 g/mol. The van der Waals surface area contributed by atoms with Crippen LogP contribution in [0.5, 0.6) is 17.6 Å². The molecule has 3 rings (SSSR count). The molecule has 0 N–H and O–H groups in total. The smallest absolute Gasteiger partial charge is 0.400 e. The van der Waals surface area contributed by atoms with E-state index in [1.807, 2.05) is 0 Å². The van der Waals surface area contributed by atoms with Crippen LogP contribution in [0, 0.1) is 0 Å². The van der Waals surface area contributed by atoms with Gasteiger partial charge in [0.1, 0.15) is 17.0 Å². The maximum atomic E-state index is 10.6. The van der Waals surface area contributed by atoms with Crippen molar-refractivity contribution in [1.29, 1.82) is 0 Å². The summed E-state index contributed by atoms with van der Waals surface area (Å²) in [5, 5.41) is 0.137. The van der Waals surface area contributed by atoms with Gasteiger partial charge in [-0.05, 0) is 48.0 Å². The van der Waals surface area contributed by atoms with Crippen LogP contribution in [0.4, 0.5) is 0 Å². The summed E-state index contributed by atoms with van der Waals surface area (Å²) in [6.45, 7) is 0.231. The highest BCUT2D eigenvalue weighted by Gasteiger charge is 2.08. The summed E-state index contributed by atoms with van der Waals surface area (Å²) in [4.78, 5) is 14.8. The zero-order valence-corrected chi connectivity index (χ0v) is 13.3. The Balaban J connectivity index is 1.66. The molecule has 3 aromatic rings. The molecule has 0 atom stereocenters. The van der Waals surface area contributed by atoms with Gasteiger partial charge >= 0.3 is 6.08 Å². The molecule has 1 heterocycles. The number of hydrogen-bond acceptors (Lipinski definition) is 5. The fraction of sp³-hybridized carbons (Fsp3) is 0.125. The van der Waals surface area contributed by atoms with Crippen LogP contribution < -0.4 is 9.47 Å². The van der Waals surface area contributed by atoms with Crippen molar-refractivity contribution in [3.8, 4) is 17.6 Å². The van der Waals surface area contributed by atoms with E-state index < -0.39 is 5.24 Å². The van der Waals surface area contributed by atoms with Crippen molar-refractivity contribution in [3.05, 3.63) is 47.5 Å². The molecular weight excluding hydrogens is 341 g/mol. The molecule has 5 nitrogen and oxygen atoms in total. The van der Waals surface area contributed by atoms with Crippen molar-refractivity contribution < 1.29 is 18.7 Å². The lowest BCUT2D eigenvalue weighted by Gasteiger charge is -2.05. The van der Waals surface area contributed by atoms with E-state index in [2.05, 4.69) is 4.98 Å². The third-order valence-corrected chi connectivity index (χ3v) is 3.35. The van der Waals surface area contributed by atoms with Crippen molar-refractivity contribution in [2.24, 2.45) is 0 Å². The lowest BCUT2D eigenvalue weighted by molar-refractivity contribution is -0.112. The molecule has 0 fully saturated rings. The van der Waals surface area contributed by atoms with Crippen LogP contribution in [0.25, 0.3) is 11.1 Å². The van der Waals surface area contributed by atoms with Crippen LogP contribution in [0.15, 0.2) is 46.9 Å². The number of rotatable bonds is 6. The molecular formula is C16H11Cl2NO4. The second-order valence-corrected chi connectivity index (χ2v) is 5.48. The number of benzene rings is 2. The first kappa shape index (κ1) is 15.6. The highest BCUT2D eigenvalue weighted by molar-refractivity contribution is 6.63. The fourth-order valence-electron chi connectivity index (χ4n) is 1.87. The van der Waals surface area contributed by atoms with E-state index in [1.165, 1.54) is 0 Å². The number of fused-ring (bicyclic) bond motifs is 1. The summed E-state index contributed by atoms with van der Waals surface area (Å²) in [6, 6.07) is 12.0. The first-order valence-electron chi connectivity index (χ1n) is 6.75. The van der Waals surface area contributed by atoms with Crippen LogP contribution in [0.2, 0.25) is 5.02 Å². The predicted octanol–water partition coefficient (Wildman–Crippen LogP) is 4.81. The Morgan fingerprint density at radius 3 is 2.61 bits per heavy atom.